The minimum Gasteiger partial charge on any atom is -0.378 e. The summed E-state index contributed by atoms with van der Waals surface area (Å²) in [7, 11) is 3.93. The fraction of sp³-hybridized carbons (Fsp3) is 0.294. The highest BCUT2D eigenvalue weighted by molar-refractivity contribution is 5.83. The topological polar surface area (TPSA) is 90.4 Å². The molecule has 1 heterocycles. The maximum Gasteiger partial charge on any atom is 0.254 e. The molecule has 1 aromatic heterocycles. The summed E-state index contributed by atoms with van der Waals surface area (Å²) < 4.78 is 0. The van der Waals surface area contributed by atoms with E-state index in [1.807, 2.05) is 43.3 Å². The predicted molar refractivity (Wildman–Crippen MR) is 94.5 cm³/mol. The summed E-state index contributed by atoms with van der Waals surface area (Å²) in [4.78, 5) is 32.5. The van der Waals surface area contributed by atoms with Gasteiger partial charge in [-0.2, -0.15) is 5.10 Å². The van der Waals surface area contributed by atoms with Gasteiger partial charge in [0.05, 0.1) is 12.6 Å². The molecule has 7 nitrogen and oxygen atoms in total. The third kappa shape index (κ3) is 4.52. The molecule has 0 aliphatic rings. The minimum absolute atomic E-state index is 0.0641. The number of hydrogen-bond donors (Lipinski definition) is 2. The highest BCUT2D eigenvalue weighted by Gasteiger charge is 2.11. The van der Waals surface area contributed by atoms with Crippen molar-refractivity contribution in [2.45, 2.75) is 20.3 Å². The molecule has 0 aliphatic heterocycles. The lowest BCUT2D eigenvalue weighted by Crippen LogP contribution is -2.26. The van der Waals surface area contributed by atoms with Crippen LogP contribution in [0.4, 0.5) is 5.69 Å². The van der Waals surface area contributed by atoms with E-state index in [1.165, 1.54) is 0 Å². The van der Waals surface area contributed by atoms with Crippen LogP contribution in [0.5, 0.6) is 0 Å². The van der Waals surface area contributed by atoms with E-state index < -0.39 is 0 Å². The van der Waals surface area contributed by atoms with Gasteiger partial charge in [-0.15, -0.1) is 0 Å². The Morgan fingerprint density at radius 2 is 1.96 bits per heavy atom. The minimum atomic E-state index is -0.365. The van der Waals surface area contributed by atoms with Crippen molar-refractivity contribution in [1.29, 1.82) is 0 Å². The molecule has 0 unspecified atom stereocenters. The quantitative estimate of drug-likeness (QED) is 0.636. The smallest absolute Gasteiger partial charge is 0.254 e. The molecule has 7 heteroatoms. The van der Waals surface area contributed by atoms with Crippen LogP contribution < -0.4 is 15.9 Å². The van der Waals surface area contributed by atoms with Gasteiger partial charge in [-0.25, -0.2) is 10.4 Å². The molecule has 1 aromatic carbocycles. The maximum absolute atomic E-state index is 11.9. The number of carbonyl (C=O) groups excluding carboxylic acids is 1. The molecule has 2 rings (SSSR count). The molecule has 24 heavy (non-hydrogen) atoms. The summed E-state index contributed by atoms with van der Waals surface area (Å²) in [6, 6.07) is 7.74. The number of nitrogens with zero attached hydrogens (tertiary/aromatic N) is 3. The third-order valence-electron chi connectivity index (χ3n) is 3.49. The van der Waals surface area contributed by atoms with E-state index >= 15 is 0 Å². The van der Waals surface area contributed by atoms with Gasteiger partial charge in [-0.3, -0.25) is 9.59 Å². The highest BCUT2D eigenvalue weighted by atomic mass is 16.2. The summed E-state index contributed by atoms with van der Waals surface area (Å²) in [5, 5.41) is 3.92. The second kappa shape index (κ2) is 7.54. The zero-order valence-electron chi connectivity index (χ0n) is 14.3. The standard InChI is InChI=1S/C17H21N5O2/c1-11-15(17(24)20-12(2)19-11)9-16(23)21-18-10-13-5-7-14(8-6-13)22(3)4/h5-8,10H,9H2,1-4H3,(H,21,23)(H,19,20,24). The number of amides is 1. The molecule has 0 saturated heterocycles. The second-order valence-electron chi connectivity index (χ2n) is 5.67. The van der Waals surface area contributed by atoms with Crippen molar-refractivity contribution in [1.82, 2.24) is 15.4 Å². The van der Waals surface area contributed by atoms with Crippen molar-refractivity contribution in [2.75, 3.05) is 19.0 Å². The van der Waals surface area contributed by atoms with Crippen LogP contribution in [0.1, 0.15) is 22.6 Å². The zero-order valence-corrected chi connectivity index (χ0v) is 14.3. The van der Waals surface area contributed by atoms with Crippen LogP contribution in [-0.2, 0) is 11.2 Å². The Morgan fingerprint density at radius 3 is 2.54 bits per heavy atom. The molecule has 2 N–H and O–H groups in total. The number of hydrogen-bond acceptors (Lipinski definition) is 5. The molecule has 2 aromatic rings. The lowest BCUT2D eigenvalue weighted by Gasteiger charge is -2.11. The molecule has 0 radical (unpaired) electrons. The Bertz CT molecular complexity index is 807. The van der Waals surface area contributed by atoms with Gasteiger partial charge < -0.3 is 9.88 Å². The van der Waals surface area contributed by atoms with E-state index in [4.69, 9.17) is 0 Å². The van der Waals surface area contributed by atoms with Crippen molar-refractivity contribution in [3.63, 3.8) is 0 Å². The van der Waals surface area contributed by atoms with Crippen molar-refractivity contribution >= 4 is 17.8 Å². The molecular formula is C17H21N5O2. The maximum atomic E-state index is 11.9. The van der Waals surface area contributed by atoms with Crippen molar-refractivity contribution < 1.29 is 4.79 Å². The van der Waals surface area contributed by atoms with Gasteiger partial charge in [0.15, 0.2) is 0 Å². The van der Waals surface area contributed by atoms with Gasteiger partial charge in [0.25, 0.3) is 5.56 Å². The van der Waals surface area contributed by atoms with Crippen molar-refractivity contribution in [2.24, 2.45) is 5.10 Å². The normalized spacial score (nSPS) is 10.8. The number of nitrogens with one attached hydrogen (secondary N) is 2. The first-order chi connectivity index (χ1) is 11.4. The number of H-pyrrole nitrogens is 1. The molecule has 126 valence electrons. The zero-order chi connectivity index (χ0) is 17.7. The third-order valence-corrected chi connectivity index (χ3v) is 3.49. The van der Waals surface area contributed by atoms with Crippen LogP contribution in [-0.4, -0.2) is 36.2 Å². The van der Waals surface area contributed by atoms with Crippen LogP contribution in [0.15, 0.2) is 34.2 Å². The van der Waals surface area contributed by atoms with Crippen LogP contribution in [0.25, 0.3) is 0 Å². The Morgan fingerprint density at radius 1 is 1.29 bits per heavy atom. The first-order valence-electron chi connectivity index (χ1n) is 7.52. The molecule has 0 bridgehead atoms. The summed E-state index contributed by atoms with van der Waals surface area (Å²) in [5.74, 6) is 0.163. The number of rotatable bonds is 5. The molecule has 0 aliphatic carbocycles. The van der Waals surface area contributed by atoms with Crippen LogP contribution in [0.2, 0.25) is 0 Å². The van der Waals surface area contributed by atoms with E-state index in [-0.39, 0.29) is 17.9 Å². The summed E-state index contributed by atoms with van der Waals surface area (Å²) in [6.07, 6.45) is 1.49. The van der Waals surface area contributed by atoms with Crippen molar-refractivity contribution in [3.8, 4) is 0 Å². The van der Waals surface area contributed by atoms with Gasteiger partial charge in [0, 0.05) is 31.0 Å². The molecule has 0 spiro atoms. The number of carbonyl (C=O) groups is 1. The number of aryl methyl sites for hydroxylation is 2. The highest BCUT2D eigenvalue weighted by Crippen LogP contribution is 2.10. The number of aromatic amines is 1. The monoisotopic (exact) mass is 327 g/mol. The van der Waals surface area contributed by atoms with Gasteiger partial charge in [0.1, 0.15) is 5.82 Å². The lowest BCUT2D eigenvalue weighted by molar-refractivity contribution is -0.120. The number of anilines is 1. The first-order valence-corrected chi connectivity index (χ1v) is 7.52. The summed E-state index contributed by atoms with van der Waals surface area (Å²) in [6.45, 7) is 3.41. The Kier molecular flexibility index (Phi) is 5.47. The van der Waals surface area contributed by atoms with E-state index in [0.29, 0.717) is 17.1 Å². The van der Waals surface area contributed by atoms with E-state index in [2.05, 4.69) is 20.5 Å². The van der Waals surface area contributed by atoms with Crippen LogP contribution in [0, 0.1) is 13.8 Å². The molecular weight excluding hydrogens is 306 g/mol. The summed E-state index contributed by atoms with van der Waals surface area (Å²) >= 11 is 0. The van der Waals surface area contributed by atoms with Crippen LogP contribution in [0.3, 0.4) is 0 Å². The molecule has 0 fully saturated rings. The van der Waals surface area contributed by atoms with Gasteiger partial charge in [0.2, 0.25) is 5.91 Å². The van der Waals surface area contributed by atoms with Crippen molar-refractivity contribution in [3.05, 3.63) is 57.3 Å². The molecule has 0 atom stereocenters. The Labute approximate surface area is 140 Å². The SMILES string of the molecule is Cc1nc(C)c(CC(=O)NN=Cc2ccc(N(C)C)cc2)c(=O)[nH]1. The van der Waals surface area contributed by atoms with Gasteiger partial charge in [-0.1, -0.05) is 12.1 Å². The van der Waals surface area contributed by atoms with Crippen LogP contribution >= 0.6 is 0 Å². The van der Waals surface area contributed by atoms with Gasteiger partial charge in [-0.05, 0) is 31.5 Å². The fourth-order valence-electron chi connectivity index (χ4n) is 2.20. The number of benzene rings is 1. The summed E-state index contributed by atoms with van der Waals surface area (Å²) in [5.41, 5.74) is 4.98. The average Bonchev–Trinajstić information content (AvgIpc) is 2.51. The average molecular weight is 327 g/mol. The Hall–Kier alpha value is -2.96. The lowest BCUT2D eigenvalue weighted by atomic mass is 10.1. The Balaban J connectivity index is 1.97. The van der Waals surface area contributed by atoms with E-state index in [1.54, 1.807) is 20.1 Å². The van der Waals surface area contributed by atoms with Gasteiger partial charge >= 0.3 is 0 Å². The first kappa shape index (κ1) is 17.4. The predicted octanol–water partition coefficient (Wildman–Crippen LogP) is 1.15. The van der Waals surface area contributed by atoms with E-state index in [0.717, 1.165) is 11.3 Å². The fourth-order valence-corrected chi connectivity index (χ4v) is 2.20. The number of aromatic nitrogens is 2. The van der Waals surface area contributed by atoms with E-state index in [9.17, 15) is 9.59 Å². The molecule has 0 saturated carbocycles. The molecule has 1 amide bonds. The second-order valence-corrected chi connectivity index (χ2v) is 5.67. The largest absolute Gasteiger partial charge is 0.378 e. The number of hydrazone groups is 1.